The van der Waals surface area contributed by atoms with E-state index in [-0.39, 0.29) is 60.3 Å². The maximum absolute atomic E-state index is 4.84. The Morgan fingerprint density at radius 2 is 0.486 bits per heavy atom. The zero-order chi connectivity index (χ0) is 99.6. The van der Waals surface area contributed by atoms with E-state index in [0.29, 0.717) is 5.92 Å². The van der Waals surface area contributed by atoms with Gasteiger partial charge in [0, 0.05) is 97.5 Å². The summed E-state index contributed by atoms with van der Waals surface area (Å²) in [5.74, 6) is 0.474. The Bertz CT molecular complexity index is 8550. The molecular formula is C136H110Ir3N6Si3-6. The Morgan fingerprint density at radius 3 is 0.824 bits per heavy atom. The van der Waals surface area contributed by atoms with E-state index in [0.717, 1.165) is 67.5 Å². The minimum Gasteiger partial charge on any atom is -0.305 e. The van der Waals surface area contributed by atoms with Crippen LogP contribution in [-0.2, 0) is 60.3 Å². The molecule has 0 saturated heterocycles. The van der Waals surface area contributed by atoms with Gasteiger partial charge in [-0.1, -0.05) is 400 Å². The van der Waals surface area contributed by atoms with E-state index >= 15 is 0 Å². The zero-order valence-electron chi connectivity index (χ0n) is 84.6. The predicted molar refractivity (Wildman–Crippen MR) is 625 cm³/mol. The van der Waals surface area contributed by atoms with Crippen molar-refractivity contribution in [3.05, 3.63) is 504 Å². The molecule has 0 spiro atoms. The van der Waals surface area contributed by atoms with Crippen molar-refractivity contribution in [1.29, 1.82) is 0 Å². The summed E-state index contributed by atoms with van der Waals surface area (Å²) >= 11 is 0. The second kappa shape index (κ2) is 47.0. The van der Waals surface area contributed by atoms with Crippen LogP contribution in [0.5, 0.6) is 0 Å². The normalized spacial score (nSPS) is 11.2. The molecule has 0 amide bonds. The average Bonchev–Trinajstić information content (AvgIpc) is 0.740. The maximum Gasteiger partial charge on any atom is 0.0795 e. The van der Waals surface area contributed by atoms with Crippen molar-refractivity contribution in [2.45, 2.75) is 78.7 Å². The first-order chi connectivity index (χ1) is 70.7. The minimum atomic E-state index is -1.39. The molecule has 19 aromatic carbocycles. The average molecular weight is 2490 g/mol. The summed E-state index contributed by atoms with van der Waals surface area (Å²) in [7, 11) is -4.13. The molecule has 6 nitrogen and oxygen atoms in total. The maximum atomic E-state index is 4.84. The Kier molecular flexibility index (Phi) is 33.2. The summed E-state index contributed by atoms with van der Waals surface area (Å²) < 4.78 is 0. The molecule has 0 unspecified atom stereocenters. The van der Waals surface area contributed by atoms with Gasteiger partial charge >= 0.3 is 0 Å². The van der Waals surface area contributed by atoms with Crippen LogP contribution in [0, 0.1) is 36.4 Å². The van der Waals surface area contributed by atoms with Gasteiger partial charge in [-0.25, -0.2) is 0 Å². The number of nitrogens with zero attached hydrogens (tertiary/aromatic N) is 6. The van der Waals surface area contributed by atoms with Gasteiger partial charge in [-0.05, 0) is 190 Å². The number of pyridine rings is 6. The fourth-order valence-corrected chi connectivity index (χ4v) is 22.3. The summed E-state index contributed by atoms with van der Waals surface area (Å²) in [6.45, 7) is 25.7. The van der Waals surface area contributed by atoms with Gasteiger partial charge in [0.05, 0.1) is 24.2 Å². The second-order valence-corrected chi connectivity index (χ2v) is 55.3. The molecule has 0 aliphatic heterocycles. The summed E-state index contributed by atoms with van der Waals surface area (Å²) in [6, 6.07) is 169. The van der Waals surface area contributed by atoms with Crippen LogP contribution < -0.4 is 15.6 Å². The van der Waals surface area contributed by atoms with Crippen molar-refractivity contribution >= 4 is 148 Å². The Morgan fingerprint density at radius 1 is 0.196 bits per heavy atom. The van der Waals surface area contributed by atoms with Crippen molar-refractivity contribution in [1.82, 2.24) is 29.9 Å². The quantitative estimate of drug-likeness (QED) is 0.0650. The van der Waals surface area contributed by atoms with Gasteiger partial charge in [0.25, 0.3) is 0 Å². The van der Waals surface area contributed by atoms with Crippen molar-refractivity contribution < 1.29 is 60.3 Å². The van der Waals surface area contributed by atoms with Gasteiger partial charge in [-0.15, -0.1) is 179 Å². The van der Waals surface area contributed by atoms with Crippen molar-refractivity contribution in [3.63, 3.8) is 0 Å². The van der Waals surface area contributed by atoms with Crippen molar-refractivity contribution in [2.24, 2.45) is 0 Å². The van der Waals surface area contributed by atoms with Crippen LogP contribution in [0.2, 0.25) is 58.9 Å². The summed E-state index contributed by atoms with van der Waals surface area (Å²) in [4.78, 5) is 27.1. The van der Waals surface area contributed by atoms with E-state index in [1.165, 1.54) is 162 Å². The topological polar surface area (TPSA) is 77.3 Å². The first-order valence-corrected chi connectivity index (χ1v) is 60.3. The summed E-state index contributed by atoms with van der Waals surface area (Å²) in [5.41, 5.74) is 21.1. The van der Waals surface area contributed by atoms with Gasteiger partial charge in [0.2, 0.25) is 0 Å². The van der Waals surface area contributed by atoms with E-state index in [1.54, 1.807) is 18.6 Å². The molecule has 0 fully saturated rings. The van der Waals surface area contributed by atoms with Crippen LogP contribution in [0.4, 0.5) is 0 Å². The molecule has 6 aromatic heterocycles. The van der Waals surface area contributed by atoms with Gasteiger partial charge in [0.1, 0.15) is 0 Å². The van der Waals surface area contributed by atoms with Crippen LogP contribution in [0.3, 0.4) is 0 Å². The molecule has 0 aliphatic carbocycles. The first-order valence-electron chi connectivity index (χ1n) is 49.8. The summed E-state index contributed by atoms with van der Waals surface area (Å²) in [5, 5.41) is 29.4. The Labute approximate surface area is 912 Å². The van der Waals surface area contributed by atoms with E-state index in [9.17, 15) is 0 Å². The molecule has 12 heteroatoms. The molecule has 3 radical (unpaired) electrons. The smallest absolute Gasteiger partial charge is 0.0795 e. The number of benzene rings is 19. The number of hydrogen-bond donors (Lipinski definition) is 0. The molecule has 0 saturated carbocycles. The molecule has 0 atom stereocenters. The van der Waals surface area contributed by atoms with Crippen LogP contribution in [0.15, 0.2) is 462 Å². The Hall–Kier alpha value is -14.7. The van der Waals surface area contributed by atoms with Crippen LogP contribution in [0.1, 0.15) is 25.3 Å². The largest absolute Gasteiger partial charge is 0.305 e. The third-order valence-electron chi connectivity index (χ3n) is 27.1. The first kappa shape index (κ1) is 105. The zero-order valence-corrected chi connectivity index (χ0v) is 94.8. The fourth-order valence-electron chi connectivity index (χ4n) is 19.2. The van der Waals surface area contributed by atoms with Gasteiger partial charge in [0.15, 0.2) is 0 Å². The molecule has 25 rings (SSSR count). The third-order valence-corrected chi connectivity index (χ3v) is 33.2. The Balaban J connectivity index is 0.000000128. The van der Waals surface area contributed by atoms with Gasteiger partial charge in [-0.2, -0.15) is 0 Å². The SMILES string of the molecule is CC(C)c1ccccc1-c1ccc2c3c[c-]c(-c4ccc([Si](C)(C)C)cn4)cc3c3ccccc3c2c1.C[Si](C)(C)c1ccc(-c2[c-]cc3c4ccc(-c5cccc6ccccc56)cc4c4ccccc4c3c2)nc1.C[Si](C)(C)c1ccc(-c2[c-]cc3c4ccc(-c5ccccc5)cc4c4ccccc4c3c2)nc1.[Ir].[Ir].[Ir].[c-]1ccccc1-c1ccccn1.[c-]1ccccc1-c1ccccn1.[c-]1ccccc1-c1ccccn1. The molecular weight excluding hydrogens is 2380 g/mol. The molecule has 0 N–H and O–H groups in total. The number of aromatic nitrogens is 6. The third kappa shape index (κ3) is 23.4. The molecule has 25 aromatic rings. The number of fused-ring (bicyclic) bond motifs is 19. The standard InChI is InChI=1S/C36H28NSi.C35H32NSi.C32H26NSi.3C11H8N.3Ir/c1-38(2,3)27-17-20-36(37-23-27)26-16-19-33-32-18-15-25(29-14-8-10-24-9-4-5-11-28(24)29)21-34(32)30-12-6-7-13-31(30)35(33)22-26;1-23(2)27-10-6-7-11-28(27)24-14-17-31-32-18-15-25(35-19-16-26(22-36-35)37(3,4)5)21-34(32)30-13-9-8-12-29(30)33(31)20-24;1-34(2,3)25-15-18-32(33-21-25)24-14-17-29-28-16-13-23(22-9-5-4-6-10-22)19-30(28)26-11-7-8-12-27(26)31(29)20-24;3*1-2-6-10(7-3-1)11-8-4-5-9-12-11;;;/h4-15,17-23H,1-3H3;6-14,16-23H,1-5H3;4-13,15-21H,1-3H3;3*1-6,8-9H;;;/q6*-1;;;. The van der Waals surface area contributed by atoms with Crippen LogP contribution in [-0.4, -0.2) is 54.1 Å². The summed E-state index contributed by atoms with van der Waals surface area (Å²) in [6.07, 6.45) is 11.5. The van der Waals surface area contributed by atoms with E-state index in [1.807, 2.05) is 127 Å². The minimum absolute atomic E-state index is 0. The predicted octanol–water partition coefficient (Wildman–Crippen LogP) is 34.6. The van der Waals surface area contributed by atoms with Crippen LogP contribution >= 0.6 is 0 Å². The number of rotatable bonds is 13. The second-order valence-electron chi connectivity index (χ2n) is 40.1. The molecule has 6 heterocycles. The van der Waals surface area contributed by atoms with Gasteiger partial charge in [-0.3, -0.25) is 0 Å². The van der Waals surface area contributed by atoms with Crippen molar-refractivity contribution in [2.75, 3.05) is 0 Å². The molecule has 0 bridgehead atoms. The van der Waals surface area contributed by atoms with Gasteiger partial charge < -0.3 is 29.9 Å². The fraction of sp³-hybridized carbons (Fsp3) is 0.0882. The van der Waals surface area contributed by atoms with E-state index < -0.39 is 24.2 Å². The molecule has 148 heavy (non-hydrogen) atoms. The monoisotopic (exact) mass is 2490 g/mol. The van der Waals surface area contributed by atoms with E-state index in [4.69, 9.17) is 15.0 Å². The molecule has 0 aliphatic rings. The molecule has 729 valence electrons. The van der Waals surface area contributed by atoms with Crippen molar-refractivity contribution in [3.8, 4) is 101 Å². The van der Waals surface area contributed by atoms with E-state index in [2.05, 4.69) is 440 Å². The van der Waals surface area contributed by atoms with Crippen LogP contribution in [0.25, 0.3) is 209 Å². The number of hydrogen-bond acceptors (Lipinski definition) is 6.